The van der Waals surface area contributed by atoms with Crippen LogP contribution in [0.1, 0.15) is 97.9 Å². The zero-order chi connectivity index (χ0) is 28.6. The van der Waals surface area contributed by atoms with Gasteiger partial charge in [0.05, 0.1) is 24.9 Å². The molecule has 1 aromatic heterocycles. The van der Waals surface area contributed by atoms with E-state index in [4.69, 9.17) is 9.84 Å². The molecule has 4 N–H and O–H groups in total. The summed E-state index contributed by atoms with van der Waals surface area (Å²) in [7, 11) is 0. The van der Waals surface area contributed by atoms with Crippen LogP contribution >= 0.6 is 11.3 Å². The van der Waals surface area contributed by atoms with Crippen LogP contribution in [0.2, 0.25) is 0 Å². The second kappa shape index (κ2) is 18.1. The lowest BCUT2D eigenvalue weighted by atomic mass is 10.0. The highest BCUT2D eigenvalue weighted by Crippen LogP contribution is 2.25. The Bertz CT molecular complexity index is 978. The van der Waals surface area contributed by atoms with Gasteiger partial charge < -0.3 is 30.1 Å². The molecular formula is C30H45NO7S. The summed E-state index contributed by atoms with van der Waals surface area (Å²) in [5.74, 6) is -0.197. The third-order valence-electron chi connectivity index (χ3n) is 6.62. The SMILES string of the molecule is CCCCC[C@H](O)c1ccc(N2CCCC2=O)cc1.CCCc1ccc(C(=O)OCCC(O)C(O)CCO)s1. The Labute approximate surface area is 236 Å². The fourth-order valence-corrected chi connectivity index (χ4v) is 5.28. The molecule has 9 heteroatoms. The van der Waals surface area contributed by atoms with Gasteiger partial charge in [0.25, 0.3) is 0 Å². The van der Waals surface area contributed by atoms with Crippen LogP contribution in [0.25, 0.3) is 0 Å². The largest absolute Gasteiger partial charge is 0.461 e. The molecule has 1 aliphatic heterocycles. The van der Waals surface area contributed by atoms with Crippen molar-refractivity contribution >= 4 is 28.9 Å². The van der Waals surface area contributed by atoms with Crippen LogP contribution in [0.5, 0.6) is 0 Å². The summed E-state index contributed by atoms with van der Waals surface area (Å²) < 4.78 is 5.06. The second-order valence-corrected chi connectivity index (χ2v) is 11.0. The highest BCUT2D eigenvalue weighted by atomic mass is 32.1. The normalized spacial score (nSPS) is 15.4. The van der Waals surface area contributed by atoms with Gasteiger partial charge in [-0.2, -0.15) is 0 Å². The number of rotatable bonds is 15. The van der Waals surface area contributed by atoms with E-state index in [1.165, 1.54) is 17.8 Å². The van der Waals surface area contributed by atoms with E-state index in [0.29, 0.717) is 11.3 Å². The average molecular weight is 564 g/mol. The smallest absolute Gasteiger partial charge is 0.348 e. The number of unbranched alkanes of at least 4 members (excludes halogenated alkanes) is 2. The van der Waals surface area contributed by atoms with E-state index in [-0.39, 0.29) is 38.1 Å². The minimum absolute atomic E-state index is 0.0451. The second-order valence-electron chi connectivity index (χ2n) is 9.84. The molecule has 2 unspecified atom stereocenters. The standard InChI is InChI=1S/C16H23NO2.C14H22O5S/c1-2-3-4-6-15(18)13-8-10-14(11-9-13)17-12-5-7-16(17)19;1-2-3-10-4-5-13(20-10)14(18)19-9-7-12(17)11(16)6-8-15/h8-11,15,18H,2-7,12H2,1H3;4-5,11-12,15-17H,2-3,6-9H2,1H3/t15-;/m0./s1. The zero-order valence-corrected chi connectivity index (χ0v) is 24.1. The van der Waals surface area contributed by atoms with Gasteiger partial charge in [-0.05, 0) is 55.5 Å². The minimum Gasteiger partial charge on any atom is -0.461 e. The number of thiophene rings is 1. The first-order valence-corrected chi connectivity index (χ1v) is 14.9. The van der Waals surface area contributed by atoms with Crippen LogP contribution in [0.15, 0.2) is 36.4 Å². The zero-order valence-electron chi connectivity index (χ0n) is 23.3. The molecule has 0 radical (unpaired) electrons. The molecule has 1 amide bonds. The Morgan fingerprint density at radius 2 is 1.69 bits per heavy atom. The lowest BCUT2D eigenvalue weighted by Crippen LogP contribution is -2.28. The fourth-order valence-electron chi connectivity index (χ4n) is 4.28. The monoisotopic (exact) mass is 563 g/mol. The van der Waals surface area contributed by atoms with E-state index in [9.17, 15) is 24.9 Å². The van der Waals surface area contributed by atoms with E-state index < -0.39 is 18.2 Å². The molecule has 1 aromatic carbocycles. The summed E-state index contributed by atoms with van der Waals surface area (Å²) in [5.41, 5.74) is 1.90. The third kappa shape index (κ3) is 11.4. The number of benzene rings is 1. The van der Waals surface area contributed by atoms with Crippen molar-refractivity contribution in [3.8, 4) is 0 Å². The van der Waals surface area contributed by atoms with Gasteiger partial charge in [0.2, 0.25) is 5.91 Å². The molecular weight excluding hydrogens is 518 g/mol. The van der Waals surface area contributed by atoms with Crippen LogP contribution in [0.3, 0.4) is 0 Å². The van der Waals surface area contributed by atoms with E-state index >= 15 is 0 Å². The number of aliphatic hydroxyl groups is 4. The van der Waals surface area contributed by atoms with E-state index in [2.05, 4.69) is 13.8 Å². The maximum Gasteiger partial charge on any atom is 0.348 e. The molecule has 1 saturated heterocycles. The summed E-state index contributed by atoms with van der Waals surface area (Å²) in [4.78, 5) is 26.9. The Morgan fingerprint density at radius 1 is 0.974 bits per heavy atom. The van der Waals surface area contributed by atoms with Crippen LogP contribution in [0, 0.1) is 0 Å². The minimum atomic E-state index is -0.992. The maximum absolute atomic E-state index is 11.7. The summed E-state index contributed by atoms with van der Waals surface area (Å²) >= 11 is 1.42. The number of hydrogen-bond acceptors (Lipinski definition) is 8. The summed E-state index contributed by atoms with van der Waals surface area (Å²) in [6.07, 6.45) is 5.69. The number of ether oxygens (including phenoxy) is 1. The van der Waals surface area contributed by atoms with Crippen molar-refractivity contribution in [3.63, 3.8) is 0 Å². The summed E-state index contributed by atoms with van der Waals surface area (Å²) in [5, 5.41) is 37.7. The quantitative estimate of drug-likeness (QED) is 0.181. The number of carbonyl (C=O) groups is 2. The summed E-state index contributed by atoms with van der Waals surface area (Å²) in [6.45, 7) is 4.92. The Hall–Kier alpha value is -2.30. The molecule has 0 spiro atoms. The highest BCUT2D eigenvalue weighted by molar-refractivity contribution is 7.13. The molecule has 3 atom stereocenters. The molecule has 8 nitrogen and oxygen atoms in total. The summed E-state index contributed by atoms with van der Waals surface area (Å²) in [6, 6.07) is 11.4. The lowest BCUT2D eigenvalue weighted by molar-refractivity contribution is -0.117. The number of esters is 1. The third-order valence-corrected chi connectivity index (χ3v) is 7.74. The van der Waals surface area contributed by atoms with Crippen molar-refractivity contribution in [2.75, 3.05) is 24.7 Å². The Kier molecular flexibility index (Phi) is 15.3. The fraction of sp³-hybridized carbons (Fsp3) is 0.600. The van der Waals surface area contributed by atoms with Gasteiger partial charge in [-0.3, -0.25) is 4.79 Å². The van der Waals surface area contributed by atoms with E-state index in [0.717, 1.165) is 61.2 Å². The van der Waals surface area contributed by atoms with Gasteiger partial charge in [0.1, 0.15) is 4.88 Å². The van der Waals surface area contributed by atoms with E-state index in [1.807, 2.05) is 35.2 Å². The average Bonchev–Trinajstić information content (AvgIpc) is 3.58. The number of nitrogens with zero attached hydrogens (tertiary/aromatic N) is 1. The van der Waals surface area contributed by atoms with Gasteiger partial charge in [-0.1, -0.05) is 51.7 Å². The molecule has 0 bridgehead atoms. The van der Waals surface area contributed by atoms with E-state index in [1.54, 1.807) is 6.07 Å². The van der Waals surface area contributed by atoms with Crippen LogP contribution in [0.4, 0.5) is 5.69 Å². The highest BCUT2D eigenvalue weighted by Gasteiger charge is 2.21. The van der Waals surface area contributed by atoms with Crippen molar-refractivity contribution in [1.29, 1.82) is 0 Å². The molecule has 1 aliphatic rings. The molecule has 2 aromatic rings. The van der Waals surface area contributed by atoms with Crippen LogP contribution in [-0.4, -0.2) is 64.3 Å². The van der Waals surface area contributed by atoms with Crippen molar-refractivity contribution in [2.45, 2.75) is 96.4 Å². The number of aliphatic hydroxyl groups excluding tert-OH is 4. The first-order chi connectivity index (χ1) is 18.8. The van der Waals surface area contributed by atoms with Crippen LogP contribution in [-0.2, 0) is 16.0 Å². The Morgan fingerprint density at radius 3 is 2.31 bits per heavy atom. The van der Waals surface area contributed by atoms with Gasteiger partial charge in [0, 0.05) is 36.6 Å². The number of carbonyl (C=O) groups excluding carboxylic acids is 2. The topological polar surface area (TPSA) is 128 Å². The molecule has 3 rings (SSSR count). The number of anilines is 1. The molecule has 2 heterocycles. The van der Waals surface area contributed by atoms with Crippen LogP contribution < -0.4 is 4.90 Å². The van der Waals surface area contributed by atoms with Crippen molar-refractivity contribution in [2.24, 2.45) is 0 Å². The first-order valence-electron chi connectivity index (χ1n) is 14.1. The predicted molar refractivity (Wildman–Crippen MR) is 154 cm³/mol. The van der Waals surface area contributed by atoms with Gasteiger partial charge in [0.15, 0.2) is 0 Å². The maximum atomic E-state index is 11.7. The lowest BCUT2D eigenvalue weighted by Gasteiger charge is -2.17. The molecule has 0 saturated carbocycles. The van der Waals surface area contributed by atoms with Crippen molar-refractivity contribution in [3.05, 3.63) is 51.7 Å². The molecule has 218 valence electrons. The Balaban J connectivity index is 0.000000274. The molecule has 39 heavy (non-hydrogen) atoms. The van der Waals surface area contributed by atoms with Gasteiger partial charge >= 0.3 is 5.97 Å². The number of hydrogen-bond donors (Lipinski definition) is 4. The first kappa shape index (κ1) is 32.9. The predicted octanol–water partition coefficient (Wildman–Crippen LogP) is 4.78. The number of aryl methyl sites for hydroxylation is 1. The van der Waals surface area contributed by atoms with Gasteiger partial charge in [-0.15, -0.1) is 11.3 Å². The molecule has 0 aliphatic carbocycles. The molecule has 1 fully saturated rings. The van der Waals surface area contributed by atoms with Gasteiger partial charge in [-0.25, -0.2) is 4.79 Å². The number of amides is 1. The van der Waals surface area contributed by atoms with Crippen molar-refractivity contribution < 1.29 is 34.8 Å². The van der Waals surface area contributed by atoms with Crippen molar-refractivity contribution in [1.82, 2.24) is 0 Å².